The van der Waals surface area contributed by atoms with E-state index in [1.54, 1.807) is 43.6 Å². The zero-order valence-corrected chi connectivity index (χ0v) is 22.7. The Morgan fingerprint density at radius 2 is 1.83 bits per heavy atom. The predicted octanol–water partition coefficient (Wildman–Crippen LogP) is 4.06. The maximum absolute atomic E-state index is 13.2. The SMILES string of the molecule is COc1ccccc1CNC(=O)c1ccc(N2C[C@H]3C[C@@H](C2)c2cccc(=O)n2C3)c(NC(=O)c2cccnc2)c1. The van der Waals surface area contributed by atoms with E-state index in [2.05, 4.69) is 20.5 Å². The van der Waals surface area contributed by atoms with E-state index in [1.165, 1.54) is 6.20 Å². The van der Waals surface area contributed by atoms with Gasteiger partial charge in [-0.15, -0.1) is 0 Å². The summed E-state index contributed by atoms with van der Waals surface area (Å²) in [4.78, 5) is 45.2. The minimum atomic E-state index is -0.306. The summed E-state index contributed by atoms with van der Waals surface area (Å²) >= 11 is 0. The molecule has 2 aromatic heterocycles. The van der Waals surface area contributed by atoms with Crippen molar-refractivity contribution in [2.24, 2.45) is 5.92 Å². The number of amides is 2. The zero-order chi connectivity index (χ0) is 28.3. The molecule has 2 aliphatic heterocycles. The van der Waals surface area contributed by atoms with Gasteiger partial charge < -0.3 is 24.8 Å². The molecule has 9 nitrogen and oxygen atoms in total. The first-order valence-electron chi connectivity index (χ1n) is 13.7. The molecule has 4 heterocycles. The summed E-state index contributed by atoms with van der Waals surface area (Å²) < 4.78 is 7.30. The highest BCUT2D eigenvalue weighted by Crippen LogP contribution is 2.39. The standard InChI is InChI=1S/C32H31N5O4/c1-41-29-9-3-2-6-23(29)17-34-31(39)22-11-12-28(26(15-22)35-32(40)24-7-5-13-33-16-24)36-18-21-14-25(20-36)27-8-4-10-30(38)37(27)19-21/h2-13,15-16,21,25H,14,17-20H2,1H3,(H,34,39)(H,35,40)/t21-,25+/m1/s1. The number of hydrogen-bond acceptors (Lipinski definition) is 6. The Bertz CT molecular complexity index is 1650. The Morgan fingerprint density at radius 3 is 2.66 bits per heavy atom. The van der Waals surface area contributed by atoms with Gasteiger partial charge in [0.05, 0.1) is 24.0 Å². The molecule has 0 spiro atoms. The van der Waals surface area contributed by atoms with E-state index in [0.29, 0.717) is 48.1 Å². The second-order valence-corrected chi connectivity index (χ2v) is 10.5. The van der Waals surface area contributed by atoms with E-state index in [4.69, 9.17) is 4.74 Å². The number of fused-ring (bicyclic) bond motifs is 4. The predicted molar refractivity (Wildman–Crippen MR) is 157 cm³/mol. The third-order valence-corrected chi connectivity index (χ3v) is 7.88. The topological polar surface area (TPSA) is 106 Å². The van der Waals surface area contributed by atoms with Crippen LogP contribution >= 0.6 is 0 Å². The van der Waals surface area contributed by atoms with Gasteiger partial charge in [0.1, 0.15) is 5.75 Å². The monoisotopic (exact) mass is 549 g/mol. The first-order valence-corrected chi connectivity index (χ1v) is 13.7. The quantitative estimate of drug-likeness (QED) is 0.360. The van der Waals surface area contributed by atoms with Crippen molar-refractivity contribution in [3.8, 4) is 5.75 Å². The third-order valence-electron chi connectivity index (χ3n) is 7.88. The number of hydrogen-bond donors (Lipinski definition) is 2. The second-order valence-electron chi connectivity index (χ2n) is 10.5. The summed E-state index contributed by atoms with van der Waals surface area (Å²) in [6, 6.07) is 21.8. The molecule has 208 valence electrons. The first kappa shape index (κ1) is 26.3. The van der Waals surface area contributed by atoms with Gasteiger partial charge in [-0.3, -0.25) is 19.4 Å². The summed E-state index contributed by atoms with van der Waals surface area (Å²) in [7, 11) is 1.60. The summed E-state index contributed by atoms with van der Waals surface area (Å²) in [5.41, 5.74) is 4.20. The average molecular weight is 550 g/mol. The van der Waals surface area contributed by atoms with Gasteiger partial charge in [0, 0.05) is 67.4 Å². The molecule has 0 radical (unpaired) electrons. The average Bonchev–Trinajstić information content (AvgIpc) is 3.01. The largest absolute Gasteiger partial charge is 0.496 e. The van der Waals surface area contributed by atoms with Crippen LogP contribution in [0.4, 0.5) is 11.4 Å². The minimum absolute atomic E-state index is 0.0403. The number of nitrogens with one attached hydrogen (secondary N) is 2. The molecule has 6 rings (SSSR count). The molecular weight excluding hydrogens is 518 g/mol. The zero-order valence-electron chi connectivity index (χ0n) is 22.7. The number of ether oxygens (including phenoxy) is 1. The Morgan fingerprint density at radius 1 is 0.951 bits per heavy atom. The number of rotatable bonds is 7. The van der Waals surface area contributed by atoms with Gasteiger partial charge in [0.15, 0.2) is 0 Å². The van der Waals surface area contributed by atoms with Gasteiger partial charge in [0.2, 0.25) is 0 Å². The molecule has 0 aliphatic carbocycles. The van der Waals surface area contributed by atoms with Crippen molar-refractivity contribution in [2.75, 3.05) is 30.4 Å². The van der Waals surface area contributed by atoms with Gasteiger partial charge in [-0.1, -0.05) is 24.3 Å². The number of piperidine rings is 1. The highest BCUT2D eigenvalue weighted by Gasteiger charge is 2.35. The second kappa shape index (κ2) is 11.3. The lowest BCUT2D eigenvalue weighted by atomic mass is 9.83. The lowest BCUT2D eigenvalue weighted by Crippen LogP contribution is -2.47. The van der Waals surface area contributed by atoms with E-state index < -0.39 is 0 Å². The molecule has 2 amide bonds. The Balaban J connectivity index is 1.29. The van der Waals surface area contributed by atoms with Crippen molar-refractivity contribution in [1.29, 1.82) is 0 Å². The number of anilines is 2. The maximum atomic E-state index is 13.2. The number of methoxy groups -OCH3 is 1. The minimum Gasteiger partial charge on any atom is -0.496 e. The smallest absolute Gasteiger partial charge is 0.257 e. The molecule has 4 aromatic rings. The van der Waals surface area contributed by atoms with E-state index in [9.17, 15) is 14.4 Å². The van der Waals surface area contributed by atoms with Gasteiger partial charge in [0.25, 0.3) is 17.4 Å². The summed E-state index contributed by atoms with van der Waals surface area (Å²) in [6.07, 6.45) is 4.14. The van der Waals surface area contributed by atoms with Crippen LogP contribution in [0.5, 0.6) is 5.75 Å². The molecule has 2 atom stereocenters. The summed E-state index contributed by atoms with van der Waals surface area (Å²) in [5.74, 6) is 0.629. The molecule has 1 fully saturated rings. The molecule has 1 saturated heterocycles. The van der Waals surface area contributed by atoms with Crippen molar-refractivity contribution < 1.29 is 14.3 Å². The van der Waals surface area contributed by atoms with Crippen LogP contribution in [0.3, 0.4) is 0 Å². The van der Waals surface area contributed by atoms with E-state index in [0.717, 1.165) is 29.9 Å². The van der Waals surface area contributed by atoms with E-state index in [1.807, 2.05) is 47.0 Å². The molecular formula is C32H31N5O4. The lowest BCUT2D eigenvalue weighted by molar-refractivity contribution is 0.0949. The van der Waals surface area contributed by atoms with Crippen LogP contribution < -0.4 is 25.8 Å². The van der Waals surface area contributed by atoms with E-state index >= 15 is 0 Å². The lowest BCUT2D eigenvalue weighted by Gasteiger charge is -2.44. The highest BCUT2D eigenvalue weighted by molar-refractivity contribution is 6.07. The number of para-hydroxylation sites is 1. The number of pyridine rings is 2. The normalized spacial score (nSPS) is 17.3. The first-order chi connectivity index (χ1) is 20.0. The van der Waals surface area contributed by atoms with Crippen LogP contribution in [0, 0.1) is 5.92 Å². The van der Waals surface area contributed by atoms with Crippen LogP contribution in [0.2, 0.25) is 0 Å². The van der Waals surface area contributed by atoms with Crippen LogP contribution in [0.15, 0.2) is 90.0 Å². The van der Waals surface area contributed by atoms with Crippen LogP contribution in [-0.4, -0.2) is 41.6 Å². The van der Waals surface area contributed by atoms with Crippen molar-refractivity contribution in [1.82, 2.24) is 14.9 Å². The number of carbonyl (C=O) groups excluding carboxylic acids is 2. The van der Waals surface area contributed by atoms with Gasteiger partial charge in [-0.25, -0.2) is 0 Å². The Hall–Kier alpha value is -4.92. The molecule has 41 heavy (non-hydrogen) atoms. The van der Waals surface area contributed by atoms with Crippen LogP contribution in [-0.2, 0) is 13.1 Å². The fourth-order valence-electron chi connectivity index (χ4n) is 5.96. The molecule has 2 bridgehead atoms. The number of nitrogens with zero attached hydrogens (tertiary/aromatic N) is 3. The van der Waals surface area contributed by atoms with Gasteiger partial charge in [-0.2, -0.15) is 0 Å². The van der Waals surface area contributed by atoms with Crippen molar-refractivity contribution >= 4 is 23.2 Å². The van der Waals surface area contributed by atoms with Crippen molar-refractivity contribution in [3.05, 3.63) is 118 Å². The third kappa shape index (κ3) is 5.43. The Labute approximate surface area is 237 Å². The Kier molecular flexibility index (Phi) is 7.24. The number of benzene rings is 2. The molecule has 2 aromatic carbocycles. The van der Waals surface area contributed by atoms with Gasteiger partial charge >= 0.3 is 0 Å². The van der Waals surface area contributed by atoms with Gasteiger partial charge in [-0.05, 0) is 54.8 Å². The van der Waals surface area contributed by atoms with Crippen molar-refractivity contribution in [3.63, 3.8) is 0 Å². The molecule has 9 heteroatoms. The summed E-state index contributed by atoms with van der Waals surface area (Å²) in [6.45, 7) is 2.42. The fraction of sp³-hybridized carbons (Fsp3) is 0.250. The van der Waals surface area contributed by atoms with E-state index in [-0.39, 0.29) is 23.3 Å². The highest BCUT2D eigenvalue weighted by atomic mass is 16.5. The van der Waals surface area contributed by atoms with Crippen LogP contribution in [0.1, 0.15) is 44.3 Å². The molecule has 2 aliphatic rings. The summed E-state index contributed by atoms with van der Waals surface area (Å²) in [5, 5.41) is 5.99. The van der Waals surface area contributed by atoms with Crippen molar-refractivity contribution in [2.45, 2.75) is 25.4 Å². The fourth-order valence-corrected chi connectivity index (χ4v) is 5.96. The maximum Gasteiger partial charge on any atom is 0.257 e. The molecule has 0 unspecified atom stereocenters. The molecule has 0 saturated carbocycles. The van der Waals surface area contributed by atoms with Crippen LogP contribution in [0.25, 0.3) is 0 Å². The number of aromatic nitrogens is 2. The number of carbonyl (C=O) groups is 2. The molecule has 2 N–H and O–H groups in total.